The van der Waals surface area contributed by atoms with Crippen LogP contribution in [0.3, 0.4) is 0 Å². The van der Waals surface area contributed by atoms with Gasteiger partial charge < -0.3 is 24.8 Å². The molecule has 2 aliphatic carbocycles. The summed E-state index contributed by atoms with van der Waals surface area (Å²) in [4.78, 5) is 0. The minimum absolute atomic E-state index is 0. The van der Waals surface area contributed by atoms with Gasteiger partial charge in [0, 0.05) is 5.92 Å². The van der Waals surface area contributed by atoms with E-state index >= 15 is 0 Å². The quantitative estimate of drug-likeness (QED) is 0.575. The molecule has 0 aliphatic heterocycles. The van der Waals surface area contributed by atoms with Crippen molar-refractivity contribution in [1.29, 1.82) is 0 Å². The Kier molecular flexibility index (Phi) is 6.87. The van der Waals surface area contributed by atoms with Crippen molar-refractivity contribution >= 4 is 0 Å². The van der Waals surface area contributed by atoms with Crippen LogP contribution in [0.4, 0.5) is 0 Å². The molecule has 2 aromatic rings. The number of benzene rings is 2. The summed E-state index contributed by atoms with van der Waals surface area (Å²) in [5, 5.41) is 0. The molecule has 0 aromatic heterocycles. The van der Waals surface area contributed by atoms with Gasteiger partial charge in [0.15, 0.2) is 0 Å². The molecular formula is C19H16Cl2Zr. The molecule has 4 rings (SSSR count). The van der Waals surface area contributed by atoms with Crippen LogP contribution in [0.5, 0.6) is 0 Å². The summed E-state index contributed by atoms with van der Waals surface area (Å²) in [6.07, 6.45) is 5.71. The molecule has 0 bridgehead atoms. The summed E-state index contributed by atoms with van der Waals surface area (Å²) < 4.78 is 0. The predicted molar refractivity (Wildman–Crippen MR) is 80.2 cm³/mol. The molecule has 0 amide bonds. The maximum atomic E-state index is 2.32. The molecule has 0 fully saturated rings. The molecule has 0 unspecified atom stereocenters. The number of halogens is 2. The Morgan fingerprint density at radius 1 is 0.818 bits per heavy atom. The van der Waals surface area contributed by atoms with Crippen LogP contribution in [-0.4, -0.2) is 0 Å². The number of fused-ring (bicyclic) bond motifs is 3. The zero-order chi connectivity index (χ0) is 12.8. The van der Waals surface area contributed by atoms with E-state index in [1.165, 1.54) is 33.4 Å². The summed E-state index contributed by atoms with van der Waals surface area (Å²) in [6.45, 7) is 2.26. The molecule has 0 heterocycles. The monoisotopic (exact) mass is 404 g/mol. The smallest absolute Gasteiger partial charge is 1.00 e. The van der Waals surface area contributed by atoms with Gasteiger partial charge in [0.2, 0.25) is 0 Å². The van der Waals surface area contributed by atoms with Crippen LogP contribution in [0.2, 0.25) is 0 Å². The van der Waals surface area contributed by atoms with Gasteiger partial charge in [-0.2, -0.15) is 0 Å². The van der Waals surface area contributed by atoms with Crippen molar-refractivity contribution in [3.63, 3.8) is 0 Å². The maximum absolute atomic E-state index is 2.32. The Morgan fingerprint density at radius 3 is 1.77 bits per heavy atom. The zero-order valence-electron chi connectivity index (χ0n) is 12.3. The minimum Gasteiger partial charge on any atom is -1.00 e. The van der Waals surface area contributed by atoms with E-state index in [-0.39, 0.29) is 51.0 Å². The summed E-state index contributed by atoms with van der Waals surface area (Å²) in [6, 6.07) is 17.7. The van der Waals surface area contributed by atoms with Crippen molar-refractivity contribution in [3.05, 3.63) is 83.0 Å². The van der Waals surface area contributed by atoms with Crippen LogP contribution in [0.1, 0.15) is 30.4 Å². The number of rotatable bonds is 1. The summed E-state index contributed by atoms with van der Waals surface area (Å²) in [7, 11) is 0. The van der Waals surface area contributed by atoms with Gasteiger partial charge in [-0.15, -0.1) is 0 Å². The topological polar surface area (TPSA) is 0 Å². The first-order valence-corrected chi connectivity index (χ1v) is 6.90. The van der Waals surface area contributed by atoms with E-state index in [4.69, 9.17) is 0 Å². The van der Waals surface area contributed by atoms with Crippen molar-refractivity contribution in [2.75, 3.05) is 0 Å². The van der Waals surface area contributed by atoms with E-state index in [9.17, 15) is 0 Å². The number of hydrogen-bond acceptors (Lipinski definition) is 0. The fourth-order valence-electron chi connectivity index (χ4n) is 3.46. The predicted octanol–water partition coefficient (Wildman–Crippen LogP) is -0.919. The van der Waals surface area contributed by atoms with E-state index in [2.05, 4.69) is 67.6 Å². The first-order valence-electron chi connectivity index (χ1n) is 6.90. The van der Waals surface area contributed by atoms with Gasteiger partial charge in [-0.05, 0) is 41.2 Å². The number of allylic oxidation sites excluding steroid dienone is 4. The molecule has 0 saturated carbocycles. The molecule has 0 nitrogen and oxygen atoms in total. The fourth-order valence-corrected chi connectivity index (χ4v) is 3.46. The standard InChI is InChI=1S/C19H16.2ClH.Zr/c1-13-7-6-12-14(13)19-17-10-4-2-8-15(17)16-9-3-5-11-18(16)19;;;/h2-6,8-12,19H,7H2,1H3;2*1H;/q;;;+2/p-2. The Morgan fingerprint density at radius 2 is 1.32 bits per heavy atom. The number of hydrogen-bond donors (Lipinski definition) is 0. The summed E-state index contributed by atoms with van der Waals surface area (Å²) in [5.41, 5.74) is 8.75. The average molecular weight is 406 g/mol. The first kappa shape index (κ1) is 19.4. The Hall–Kier alpha value is -0.617. The van der Waals surface area contributed by atoms with E-state index < -0.39 is 0 Å². The summed E-state index contributed by atoms with van der Waals surface area (Å²) >= 11 is 0. The second-order valence-corrected chi connectivity index (χ2v) is 5.45. The van der Waals surface area contributed by atoms with Gasteiger partial charge in [0.05, 0.1) is 0 Å². The molecule has 110 valence electrons. The third-order valence-corrected chi connectivity index (χ3v) is 4.36. The van der Waals surface area contributed by atoms with Gasteiger partial charge in [0.1, 0.15) is 0 Å². The molecule has 0 N–H and O–H groups in total. The normalized spacial score (nSPS) is 14.6. The molecule has 22 heavy (non-hydrogen) atoms. The third kappa shape index (κ3) is 2.92. The van der Waals surface area contributed by atoms with Crippen molar-refractivity contribution in [3.8, 4) is 11.1 Å². The Labute approximate surface area is 163 Å². The van der Waals surface area contributed by atoms with Crippen LogP contribution < -0.4 is 24.8 Å². The first-order chi connectivity index (χ1) is 9.36. The van der Waals surface area contributed by atoms with Crippen LogP contribution in [-0.2, 0) is 26.2 Å². The fraction of sp³-hybridized carbons (Fsp3) is 0.158. The largest absolute Gasteiger partial charge is 2.00 e. The SMILES string of the molecule is CC1=C(C2c3ccccc3-c3ccccc32)C=CC1.[Cl-].[Cl-].[Zr+2]. The molecule has 0 atom stereocenters. The van der Waals surface area contributed by atoms with Gasteiger partial charge in [-0.1, -0.05) is 66.3 Å². The van der Waals surface area contributed by atoms with Crippen LogP contribution >= 0.6 is 0 Å². The second-order valence-electron chi connectivity index (χ2n) is 5.45. The van der Waals surface area contributed by atoms with E-state index in [0.29, 0.717) is 5.92 Å². The molecule has 0 saturated heterocycles. The van der Waals surface area contributed by atoms with E-state index in [0.717, 1.165) is 6.42 Å². The van der Waals surface area contributed by atoms with Crippen LogP contribution in [0, 0.1) is 0 Å². The molecule has 2 aromatic carbocycles. The van der Waals surface area contributed by atoms with Gasteiger partial charge >= 0.3 is 26.2 Å². The molecule has 0 radical (unpaired) electrons. The average Bonchev–Trinajstić information content (AvgIpc) is 3.00. The van der Waals surface area contributed by atoms with E-state index in [1.54, 1.807) is 0 Å². The molecule has 0 spiro atoms. The molecule has 2 aliphatic rings. The second kappa shape index (κ2) is 7.78. The minimum atomic E-state index is 0. The van der Waals surface area contributed by atoms with Crippen molar-refractivity contribution in [2.24, 2.45) is 0 Å². The van der Waals surface area contributed by atoms with E-state index in [1.807, 2.05) is 0 Å². The van der Waals surface area contributed by atoms with Gasteiger partial charge in [0.25, 0.3) is 0 Å². The zero-order valence-corrected chi connectivity index (χ0v) is 16.3. The van der Waals surface area contributed by atoms with Crippen molar-refractivity contribution < 1.29 is 51.0 Å². The van der Waals surface area contributed by atoms with Crippen LogP contribution in [0.25, 0.3) is 11.1 Å². The van der Waals surface area contributed by atoms with Gasteiger partial charge in [-0.3, -0.25) is 0 Å². The van der Waals surface area contributed by atoms with Gasteiger partial charge in [-0.25, -0.2) is 0 Å². The molecular weight excluding hydrogens is 390 g/mol. The maximum Gasteiger partial charge on any atom is 2.00 e. The Bertz CT molecular complexity index is 686. The third-order valence-electron chi connectivity index (χ3n) is 4.36. The van der Waals surface area contributed by atoms with Crippen LogP contribution in [0.15, 0.2) is 71.8 Å². The summed E-state index contributed by atoms with van der Waals surface area (Å²) in [5.74, 6) is 0.436. The van der Waals surface area contributed by atoms with Crippen molar-refractivity contribution in [2.45, 2.75) is 19.3 Å². The molecule has 3 heteroatoms. The Balaban J connectivity index is 0.000000807. The van der Waals surface area contributed by atoms with Crippen molar-refractivity contribution in [1.82, 2.24) is 0 Å².